The number of nitrogens with one attached hydrogen (secondary N) is 1. The molecule has 0 aliphatic carbocycles. The fourth-order valence-corrected chi connectivity index (χ4v) is 1.64. The van der Waals surface area contributed by atoms with E-state index in [9.17, 15) is 0 Å². The Labute approximate surface area is 78.4 Å². The Morgan fingerprint density at radius 1 is 1.46 bits per heavy atom. The van der Waals surface area contributed by atoms with Crippen LogP contribution in [-0.2, 0) is 6.54 Å². The SMILES string of the molecule is C=C1CCN(Cc2ccn[nH]2)CC1. The van der Waals surface area contributed by atoms with Gasteiger partial charge < -0.3 is 0 Å². The van der Waals surface area contributed by atoms with Gasteiger partial charge in [0.25, 0.3) is 0 Å². The lowest BCUT2D eigenvalue weighted by Gasteiger charge is -2.27. The van der Waals surface area contributed by atoms with Crippen molar-refractivity contribution in [3.63, 3.8) is 0 Å². The minimum Gasteiger partial charge on any atom is -0.297 e. The van der Waals surface area contributed by atoms with Crippen molar-refractivity contribution in [3.05, 3.63) is 30.1 Å². The van der Waals surface area contributed by atoms with E-state index >= 15 is 0 Å². The van der Waals surface area contributed by atoms with Crippen LogP contribution in [0.1, 0.15) is 18.5 Å². The highest BCUT2D eigenvalue weighted by molar-refractivity contribution is 5.02. The van der Waals surface area contributed by atoms with Crippen molar-refractivity contribution >= 4 is 0 Å². The van der Waals surface area contributed by atoms with Crippen LogP contribution < -0.4 is 0 Å². The second kappa shape index (κ2) is 3.75. The number of H-pyrrole nitrogens is 1. The van der Waals surface area contributed by atoms with Gasteiger partial charge in [-0.2, -0.15) is 5.10 Å². The molecule has 1 N–H and O–H groups in total. The van der Waals surface area contributed by atoms with Gasteiger partial charge in [0.15, 0.2) is 0 Å². The third-order valence-corrected chi connectivity index (χ3v) is 2.52. The van der Waals surface area contributed by atoms with Crippen LogP contribution >= 0.6 is 0 Å². The molecule has 13 heavy (non-hydrogen) atoms. The summed E-state index contributed by atoms with van der Waals surface area (Å²) in [5.74, 6) is 0. The molecule has 0 unspecified atom stereocenters. The van der Waals surface area contributed by atoms with Crippen LogP contribution in [0, 0.1) is 0 Å². The normalized spacial score (nSPS) is 19.2. The topological polar surface area (TPSA) is 31.9 Å². The van der Waals surface area contributed by atoms with Crippen LogP contribution in [0.25, 0.3) is 0 Å². The van der Waals surface area contributed by atoms with Crippen LogP contribution in [0.5, 0.6) is 0 Å². The maximum Gasteiger partial charge on any atom is 0.0492 e. The van der Waals surface area contributed by atoms with Gasteiger partial charge in [-0.25, -0.2) is 0 Å². The first kappa shape index (κ1) is 8.51. The molecule has 2 rings (SSSR count). The van der Waals surface area contributed by atoms with Crippen LogP contribution in [0.2, 0.25) is 0 Å². The fourth-order valence-electron chi connectivity index (χ4n) is 1.64. The summed E-state index contributed by atoms with van der Waals surface area (Å²) in [5, 5.41) is 6.91. The minimum atomic E-state index is 0.993. The van der Waals surface area contributed by atoms with Crippen molar-refractivity contribution < 1.29 is 0 Å². The molecule has 3 heteroatoms. The number of hydrogen-bond donors (Lipinski definition) is 1. The first-order chi connectivity index (χ1) is 6.34. The third-order valence-electron chi connectivity index (χ3n) is 2.52. The molecule has 1 fully saturated rings. The molecule has 1 aromatic heterocycles. The molecule has 1 aromatic rings. The zero-order chi connectivity index (χ0) is 9.10. The average molecular weight is 177 g/mol. The highest BCUT2D eigenvalue weighted by Gasteiger charge is 2.12. The molecule has 3 nitrogen and oxygen atoms in total. The smallest absolute Gasteiger partial charge is 0.0492 e. The first-order valence-electron chi connectivity index (χ1n) is 4.72. The summed E-state index contributed by atoms with van der Waals surface area (Å²) in [6.45, 7) is 7.27. The molecule has 70 valence electrons. The predicted octanol–water partition coefficient (Wildman–Crippen LogP) is 1.56. The number of rotatable bonds is 2. The summed E-state index contributed by atoms with van der Waals surface area (Å²) in [6, 6.07) is 2.03. The lowest BCUT2D eigenvalue weighted by atomic mass is 10.1. The van der Waals surface area contributed by atoms with E-state index < -0.39 is 0 Å². The van der Waals surface area contributed by atoms with Gasteiger partial charge in [0, 0.05) is 31.5 Å². The average Bonchev–Trinajstić information content (AvgIpc) is 2.62. The van der Waals surface area contributed by atoms with Gasteiger partial charge in [0.1, 0.15) is 0 Å². The molecule has 1 saturated heterocycles. The lowest BCUT2D eigenvalue weighted by molar-refractivity contribution is 0.245. The number of aromatic nitrogens is 2. The Bertz CT molecular complexity index is 266. The quantitative estimate of drug-likeness (QED) is 0.695. The van der Waals surface area contributed by atoms with Crippen molar-refractivity contribution in [1.82, 2.24) is 15.1 Å². The Morgan fingerprint density at radius 3 is 2.85 bits per heavy atom. The number of nitrogens with zero attached hydrogens (tertiary/aromatic N) is 2. The van der Waals surface area contributed by atoms with Gasteiger partial charge >= 0.3 is 0 Å². The predicted molar refractivity (Wildman–Crippen MR) is 52.2 cm³/mol. The number of piperidine rings is 1. The molecular formula is C10H15N3. The molecule has 2 heterocycles. The highest BCUT2D eigenvalue weighted by Crippen LogP contribution is 2.15. The van der Waals surface area contributed by atoms with Crippen molar-refractivity contribution in [3.8, 4) is 0 Å². The Kier molecular flexibility index (Phi) is 2.45. The van der Waals surface area contributed by atoms with E-state index in [0.717, 1.165) is 32.5 Å². The third kappa shape index (κ3) is 2.18. The van der Waals surface area contributed by atoms with Crippen molar-refractivity contribution in [1.29, 1.82) is 0 Å². The number of likely N-dealkylation sites (tertiary alicyclic amines) is 1. The summed E-state index contributed by atoms with van der Waals surface area (Å²) in [5.41, 5.74) is 2.59. The van der Waals surface area contributed by atoms with E-state index in [1.165, 1.54) is 11.3 Å². The summed E-state index contributed by atoms with van der Waals surface area (Å²) in [4.78, 5) is 2.43. The van der Waals surface area contributed by atoms with Gasteiger partial charge in [-0.15, -0.1) is 0 Å². The van der Waals surface area contributed by atoms with Crippen LogP contribution in [0.15, 0.2) is 24.4 Å². The zero-order valence-corrected chi connectivity index (χ0v) is 7.79. The summed E-state index contributed by atoms with van der Waals surface area (Å²) in [6.07, 6.45) is 4.10. The summed E-state index contributed by atoms with van der Waals surface area (Å²) in [7, 11) is 0. The molecule has 0 atom stereocenters. The van der Waals surface area contributed by atoms with Crippen LogP contribution in [0.3, 0.4) is 0 Å². The molecule has 1 aliphatic rings. The first-order valence-corrected chi connectivity index (χ1v) is 4.72. The maximum atomic E-state index is 4.00. The van der Waals surface area contributed by atoms with Crippen LogP contribution in [0.4, 0.5) is 0 Å². The molecule has 0 aromatic carbocycles. The monoisotopic (exact) mass is 177 g/mol. The van der Waals surface area contributed by atoms with Gasteiger partial charge in [-0.05, 0) is 18.9 Å². The molecule has 0 saturated carbocycles. The van der Waals surface area contributed by atoms with Crippen LogP contribution in [-0.4, -0.2) is 28.2 Å². The van der Waals surface area contributed by atoms with Gasteiger partial charge in [-0.3, -0.25) is 10.00 Å². The highest BCUT2D eigenvalue weighted by atomic mass is 15.2. The minimum absolute atomic E-state index is 0.993. The Balaban J connectivity index is 1.86. The molecule has 0 bridgehead atoms. The zero-order valence-electron chi connectivity index (χ0n) is 7.79. The number of aromatic amines is 1. The van der Waals surface area contributed by atoms with Crippen molar-refractivity contribution in [2.75, 3.05) is 13.1 Å². The number of hydrogen-bond acceptors (Lipinski definition) is 2. The van der Waals surface area contributed by atoms with Crippen molar-refractivity contribution in [2.24, 2.45) is 0 Å². The largest absolute Gasteiger partial charge is 0.297 e. The second-order valence-electron chi connectivity index (χ2n) is 3.61. The lowest BCUT2D eigenvalue weighted by Crippen LogP contribution is -2.30. The molecule has 0 spiro atoms. The maximum absolute atomic E-state index is 4.00. The van der Waals surface area contributed by atoms with Gasteiger partial charge in [-0.1, -0.05) is 12.2 Å². The standard InChI is InChI=1S/C10H15N3/c1-9-3-6-13(7-4-9)8-10-2-5-11-12-10/h2,5H,1,3-4,6-8H2,(H,11,12). The molecule has 1 aliphatic heterocycles. The van der Waals surface area contributed by atoms with E-state index in [1.54, 1.807) is 6.20 Å². The van der Waals surface area contributed by atoms with Crippen molar-refractivity contribution in [2.45, 2.75) is 19.4 Å². The van der Waals surface area contributed by atoms with E-state index in [2.05, 4.69) is 21.7 Å². The summed E-state index contributed by atoms with van der Waals surface area (Å²) >= 11 is 0. The second-order valence-corrected chi connectivity index (χ2v) is 3.61. The van der Waals surface area contributed by atoms with Gasteiger partial charge in [0.05, 0.1) is 0 Å². The van der Waals surface area contributed by atoms with E-state index in [4.69, 9.17) is 0 Å². The van der Waals surface area contributed by atoms with E-state index in [1.807, 2.05) is 6.07 Å². The molecular weight excluding hydrogens is 162 g/mol. The van der Waals surface area contributed by atoms with E-state index in [-0.39, 0.29) is 0 Å². The summed E-state index contributed by atoms with van der Waals surface area (Å²) < 4.78 is 0. The Morgan fingerprint density at radius 2 is 2.23 bits per heavy atom. The van der Waals surface area contributed by atoms with E-state index in [0.29, 0.717) is 0 Å². The Hall–Kier alpha value is -1.09. The fraction of sp³-hybridized carbons (Fsp3) is 0.500. The molecule has 0 amide bonds. The van der Waals surface area contributed by atoms with Gasteiger partial charge in [0.2, 0.25) is 0 Å². The molecule has 0 radical (unpaired) electrons.